The number of hydrogen-bond donors (Lipinski definition) is 1. The van der Waals surface area contributed by atoms with Crippen molar-refractivity contribution in [3.63, 3.8) is 0 Å². The molecule has 1 amide bonds. The number of nitrogens with one attached hydrogen (secondary N) is 1. The van der Waals surface area contributed by atoms with Gasteiger partial charge in [0.2, 0.25) is 5.91 Å². The minimum Gasteiger partial charge on any atom is -0.372 e. The van der Waals surface area contributed by atoms with Crippen molar-refractivity contribution in [2.75, 3.05) is 18.0 Å². The number of aryl methyl sites for hydroxylation is 3. The Morgan fingerprint density at radius 3 is 2.35 bits per heavy atom. The van der Waals surface area contributed by atoms with Crippen molar-refractivity contribution in [3.8, 4) is 0 Å². The van der Waals surface area contributed by atoms with Gasteiger partial charge in [0.1, 0.15) is 0 Å². The summed E-state index contributed by atoms with van der Waals surface area (Å²) in [7, 11) is 3.55. The van der Waals surface area contributed by atoms with Crippen molar-refractivity contribution < 1.29 is 4.79 Å². The molecule has 2 heterocycles. The average molecular weight is 421 g/mol. The molecule has 1 aromatic heterocycles. The molecule has 1 fully saturated rings. The Bertz CT molecular complexity index is 1120. The highest BCUT2D eigenvalue weighted by Crippen LogP contribution is 2.22. The number of amides is 1. The van der Waals surface area contributed by atoms with Crippen LogP contribution in [0.3, 0.4) is 0 Å². The maximum Gasteiger partial charge on any atom is 0.328 e. The predicted octanol–water partition coefficient (Wildman–Crippen LogP) is 3.68. The Labute approximate surface area is 183 Å². The third-order valence-corrected chi connectivity index (χ3v) is 6.47. The lowest BCUT2D eigenvalue weighted by Gasteiger charge is -2.29. The van der Waals surface area contributed by atoms with Gasteiger partial charge in [-0.25, -0.2) is 4.79 Å². The maximum atomic E-state index is 12.5. The third kappa shape index (κ3) is 4.53. The summed E-state index contributed by atoms with van der Waals surface area (Å²) < 4.78 is 3.29. The number of rotatable bonds is 6. The van der Waals surface area contributed by atoms with Crippen molar-refractivity contribution in [3.05, 3.63) is 64.1 Å². The van der Waals surface area contributed by atoms with E-state index in [0.29, 0.717) is 12.8 Å². The van der Waals surface area contributed by atoms with Gasteiger partial charge in [0.05, 0.1) is 17.1 Å². The van der Waals surface area contributed by atoms with Crippen LogP contribution in [0.4, 0.5) is 5.69 Å². The van der Waals surface area contributed by atoms with Crippen LogP contribution in [-0.4, -0.2) is 28.1 Å². The predicted molar refractivity (Wildman–Crippen MR) is 126 cm³/mol. The maximum absolute atomic E-state index is 12.5. The van der Waals surface area contributed by atoms with E-state index < -0.39 is 0 Å². The van der Waals surface area contributed by atoms with Gasteiger partial charge < -0.3 is 10.2 Å². The topological polar surface area (TPSA) is 59.3 Å². The molecule has 0 spiro atoms. The van der Waals surface area contributed by atoms with E-state index in [4.69, 9.17) is 0 Å². The molecule has 1 aliphatic heterocycles. The van der Waals surface area contributed by atoms with Crippen LogP contribution in [-0.2, 0) is 25.3 Å². The highest BCUT2D eigenvalue weighted by molar-refractivity contribution is 5.78. The van der Waals surface area contributed by atoms with Gasteiger partial charge in [0.25, 0.3) is 0 Å². The molecule has 2 aromatic carbocycles. The van der Waals surface area contributed by atoms with Gasteiger partial charge in [0, 0.05) is 39.3 Å². The van der Waals surface area contributed by atoms with Crippen LogP contribution in [0.25, 0.3) is 11.0 Å². The SMILES string of the molecule is C[C@H](NC(=O)CCc1ccc2c(c1)n(C)c(=O)n2C)c1ccc(N2CCCCC2)cc1. The van der Waals surface area contributed by atoms with Crippen LogP contribution < -0.4 is 15.9 Å². The zero-order chi connectivity index (χ0) is 22.0. The first-order valence-corrected chi connectivity index (χ1v) is 11.2. The van der Waals surface area contributed by atoms with Crippen LogP contribution in [0.1, 0.15) is 49.8 Å². The molecule has 3 aromatic rings. The molecule has 0 saturated carbocycles. The van der Waals surface area contributed by atoms with E-state index >= 15 is 0 Å². The molecule has 0 aliphatic carbocycles. The summed E-state index contributed by atoms with van der Waals surface area (Å²) >= 11 is 0. The quantitative estimate of drug-likeness (QED) is 0.662. The zero-order valence-corrected chi connectivity index (χ0v) is 18.7. The van der Waals surface area contributed by atoms with Gasteiger partial charge >= 0.3 is 5.69 Å². The van der Waals surface area contributed by atoms with Crippen molar-refractivity contribution in [1.82, 2.24) is 14.5 Å². The normalized spacial score (nSPS) is 15.3. The molecular weight excluding hydrogens is 388 g/mol. The molecule has 164 valence electrons. The number of carbonyl (C=O) groups is 1. The minimum absolute atomic E-state index is 0.0275. The van der Waals surface area contributed by atoms with E-state index in [9.17, 15) is 9.59 Å². The fourth-order valence-corrected chi connectivity index (χ4v) is 4.49. The largest absolute Gasteiger partial charge is 0.372 e. The molecule has 6 heteroatoms. The Kier molecular flexibility index (Phi) is 6.16. The van der Waals surface area contributed by atoms with E-state index in [1.165, 1.54) is 24.9 Å². The van der Waals surface area contributed by atoms with Crippen molar-refractivity contribution in [2.24, 2.45) is 14.1 Å². The van der Waals surface area contributed by atoms with Gasteiger partial charge in [-0.3, -0.25) is 13.9 Å². The van der Waals surface area contributed by atoms with E-state index in [-0.39, 0.29) is 17.6 Å². The van der Waals surface area contributed by atoms with E-state index in [1.54, 1.807) is 23.2 Å². The number of fused-ring (bicyclic) bond motifs is 1. The molecule has 0 bridgehead atoms. The fraction of sp³-hybridized carbons (Fsp3) is 0.440. The first kappa shape index (κ1) is 21.2. The molecule has 6 nitrogen and oxygen atoms in total. The molecule has 1 atom stereocenters. The second-order valence-corrected chi connectivity index (χ2v) is 8.65. The summed E-state index contributed by atoms with van der Waals surface area (Å²) in [5.41, 5.74) is 5.21. The van der Waals surface area contributed by atoms with Crippen LogP contribution in [0.2, 0.25) is 0 Å². The molecular formula is C25H32N4O2. The molecule has 1 N–H and O–H groups in total. The van der Waals surface area contributed by atoms with Gasteiger partial charge in [-0.15, -0.1) is 0 Å². The van der Waals surface area contributed by atoms with Gasteiger partial charge in [-0.2, -0.15) is 0 Å². The van der Waals surface area contributed by atoms with Crippen molar-refractivity contribution in [2.45, 2.75) is 45.1 Å². The second-order valence-electron chi connectivity index (χ2n) is 8.65. The minimum atomic E-state index is -0.0370. The van der Waals surface area contributed by atoms with Crippen LogP contribution in [0, 0.1) is 0 Å². The second kappa shape index (κ2) is 9.00. The lowest BCUT2D eigenvalue weighted by molar-refractivity contribution is -0.121. The van der Waals surface area contributed by atoms with Gasteiger partial charge in [0.15, 0.2) is 0 Å². The summed E-state index contributed by atoms with van der Waals surface area (Å²) in [6.07, 6.45) is 4.92. The van der Waals surface area contributed by atoms with E-state index in [2.05, 4.69) is 34.5 Å². The number of aromatic nitrogens is 2. The molecule has 1 saturated heterocycles. The van der Waals surface area contributed by atoms with Crippen molar-refractivity contribution >= 4 is 22.6 Å². The first-order chi connectivity index (χ1) is 14.9. The summed E-state index contributed by atoms with van der Waals surface area (Å²) in [4.78, 5) is 27.1. The summed E-state index contributed by atoms with van der Waals surface area (Å²) in [6.45, 7) is 4.29. The summed E-state index contributed by atoms with van der Waals surface area (Å²) in [5.74, 6) is 0.0367. The monoisotopic (exact) mass is 420 g/mol. The molecule has 1 aliphatic rings. The fourth-order valence-electron chi connectivity index (χ4n) is 4.49. The number of imidazole rings is 1. The van der Waals surface area contributed by atoms with Crippen LogP contribution in [0.5, 0.6) is 0 Å². The molecule has 31 heavy (non-hydrogen) atoms. The van der Waals surface area contributed by atoms with Gasteiger partial charge in [-0.1, -0.05) is 18.2 Å². The van der Waals surface area contributed by atoms with Crippen LogP contribution >= 0.6 is 0 Å². The summed E-state index contributed by atoms with van der Waals surface area (Å²) in [5, 5.41) is 3.12. The van der Waals surface area contributed by atoms with Gasteiger partial charge in [-0.05, 0) is 68.0 Å². The molecule has 0 unspecified atom stereocenters. The Morgan fingerprint density at radius 1 is 0.968 bits per heavy atom. The number of hydrogen-bond acceptors (Lipinski definition) is 3. The Balaban J connectivity index is 1.33. The van der Waals surface area contributed by atoms with E-state index in [1.807, 2.05) is 25.1 Å². The number of nitrogens with zero attached hydrogens (tertiary/aromatic N) is 3. The summed E-state index contributed by atoms with van der Waals surface area (Å²) in [6, 6.07) is 14.5. The zero-order valence-electron chi connectivity index (χ0n) is 18.7. The third-order valence-electron chi connectivity index (χ3n) is 6.47. The smallest absolute Gasteiger partial charge is 0.328 e. The Hall–Kier alpha value is -3.02. The number of benzene rings is 2. The Morgan fingerprint density at radius 2 is 1.65 bits per heavy atom. The molecule has 4 rings (SSSR count). The van der Waals surface area contributed by atoms with Crippen molar-refractivity contribution in [1.29, 1.82) is 0 Å². The standard InChI is InChI=1S/C25H32N4O2/c1-18(20-9-11-21(12-10-20)29-15-5-4-6-16-29)26-24(30)14-8-19-7-13-22-23(17-19)28(3)25(31)27(22)2/h7,9-13,17-18H,4-6,8,14-16H2,1-3H3,(H,26,30)/t18-/m0/s1. The number of carbonyl (C=O) groups excluding carboxylic acids is 1. The lowest BCUT2D eigenvalue weighted by Crippen LogP contribution is -2.29. The number of anilines is 1. The highest BCUT2D eigenvalue weighted by Gasteiger charge is 2.14. The average Bonchev–Trinajstić information content (AvgIpc) is 3.02. The lowest BCUT2D eigenvalue weighted by atomic mass is 10.1. The molecule has 0 radical (unpaired) electrons. The van der Waals surface area contributed by atoms with Crippen LogP contribution in [0.15, 0.2) is 47.3 Å². The number of piperidine rings is 1. The highest BCUT2D eigenvalue weighted by atomic mass is 16.2. The first-order valence-electron chi connectivity index (χ1n) is 11.2. The van der Waals surface area contributed by atoms with E-state index in [0.717, 1.165) is 35.2 Å².